The Morgan fingerprint density at radius 2 is 0.583 bits per heavy atom. The van der Waals surface area contributed by atoms with Crippen molar-refractivity contribution in [2.75, 3.05) is 0 Å². The lowest BCUT2D eigenvalue weighted by Gasteiger charge is -2.13. The molecule has 0 aromatic rings. The lowest BCUT2D eigenvalue weighted by molar-refractivity contribution is -0.143. The van der Waals surface area contributed by atoms with Gasteiger partial charge in [-0.3, -0.25) is 9.59 Å². The molecule has 0 fully saturated rings. The summed E-state index contributed by atoms with van der Waals surface area (Å²) in [5.74, 6) is -1.57. The summed E-state index contributed by atoms with van der Waals surface area (Å²) in [6, 6.07) is 0. The molecule has 214 valence electrons. The Kier molecular flexibility index (Phi) is 26.2. The maximum absolute atomic E-state index is 11.6. The Bertz CT molecular complexity index is 447. The quantitative estimate of drug-likeness (QED) is 0.0981. The van der Waals surface area contributed by atoms with Crippen LogP contribution in [0.3, 0.4) is 0 Å². The van der Waals surface area contributed by atoms with E-state index in [0.717, 1.165) is 77.0 Å². The maximum Gasteiger partial charge on any atom is 0.306 e. The SMILES string of the molecule is CCCCCCCCCCC(CCCCCCCCC(CCCCCCCCCC)C(=O)O)C(=O)O. The van der Waals surface area contributed by atoms with Gasteiger partial charge in [-0.2, -0.15) is 0 Å². The van der Waals surface area contributed by atoms with Crippen molar-refractivity contribution >= 4 is 11.9 Å². The van der Waals surface area contributed by atoms with Crippen LogP contribution in [0, 0.1) is 11.8 Å². The molecule has 0 radical (unpaired) electrons. The van der Waals surface area contributed by atoms with Crippen LogP contribution in [-0.4, -0.2) is 22.2 Å². The second-order valence-electron chi connectivity index (χ2n) is 11.3. The molecule has 0 aliphatic heterocycles. The molecular weight excluding hydrogens is 448 g/mol. The van der Waals surface area contributed by atoms with E-state index in [2.05, 4.69) is 13.8 Å². The number of aliphatic carboxylic acids is 2. The van der Waals surface area contributed by atoms with E-state index in [0.29, 0.717) is 0 Å². The van der Waals surface area contributed by atoms with Crippen molar-refractivity contribution in [1.82, 2.24) is 0 Å². The third kappa shape index (κ3) is 23.3. The molecule has 2 atom stereocenters. The molecule has 2 unspecified atom stereocenters. The highest BCUT2D eigenvalue weighted by Crippen LogP contribution is 2.22. The Labute approximate surface area is 224 Å². The Balaban J connectivity index is 3.71. The standard InChI is InChI=1S/C32H62O4/c1-3-5-7-9-11-13-17-21-25-29(31(33)34)27-23-19-15-16-20-24-28-30(32(35)36)26-22-18-14-12-10-8-6-4-2/h29-30H,3-28H2,1-2H3,(H,33,34)(H,35,36). The molecule has 36 heavy (non-hydrogen) atoms. The Morgan fingerprint density at radius 1 is 0.389 bits per heavy atom. The summed E-state index contributed by atoms with van der Waals surface area (Å²) in [5, 5.41) is 19.1. The second kappa shape index (κ2) is 27.0. The van der Waals surface area contributed by atoms with Crippen molar-refractivity contribution in [2.24, 2.45) is 11.8 Å². The fourth-order valence-electron chi connectivity index (χ4n) is 5.32. The van der Waals surface area contributed by atoms with E-state index >= 15 is 0 Å². The predicted octanol–water partition coefficient (Wildman–Crippen LogP) is 10.6. The first kappa shape index (κ1) is 34.9. The molecule has 0 rings (SSSR count). The number of hydrogen-bond donors (Lipinski definition) is 2. The summed E-state index contributed by atoms with van der Waals surface area (Å²) < 4.78 is 0. The Hall–Kier alpha value is -1.06. The third-order valence-corrected chi connectivity index (χ3v) is 7.87. The topological polar surface area (TPSA) is 74.6 Å². The molecular formula is C32H62O4. The minimum Gasteiger partial charge on any atom is -0.481 e. The molecule has 0 aromatic carbocycles. The molecule has 0 amide bonds. The number of hydrogen-bond acceptors (Lipinski definition) is 2. The van der Waals surface area contributed by atoms with Crippen molar-refractivity contribution < 1.29 is 19.8 Å². The monoisotopic (exact) mass is 510 g/mol. The highest BCUT2D eigenvalue weighted by Gasteiger charge is 2.17. The van der Waals surface area contributed by atoms with Gasteiger partial charge in [0, 0.05) is 0 Å². The number of carbonyl (C=O) groups is 2. The van der Waals surface area contributed by atoms with Gasteiger partial charge in [0.05, 0.1) is 11.8 Å². The van der Waals surface area contributed by atoms with Crippen LogP contribution in [0.5, 0.6) is 0 Å². The van der Waals surface area contributed by atoms with Crippen molar-refractivity contribution in [3.8, 4) is 0 Å². The molecule has 0 spiro atoms. The molecule has 0 aliphatic carbocycles. The Morgan fingerprint density at radius 3 is 0.778 bits per heavy atom. The first-order valence-electron chi connectivity index (χ1n) is 16.0. The summed E-state index contributed by atoms with van der Waals surface area (Å²) in [6.45, 7) is 4.48. The molecule has 0 aromatic heterocycles. The first-order valence-corrected chi connectivity index (χ1v) is 16.0. The van der Waals surface area contributed by atoms with Crippen LogP contribution in [0.4, 0.5) is 0 Å². The summed E-state index contributed by atoms with van der Waals surface area (Å²) in [4.78, 5) is 23.2. The summed E-state index contributed by atoms with van der Waals surface area (Å²) in [7, 11) is 0. The molecule has 4 heteroatoms. The van der Waals surface area contributed by atoms with Gasteiger partial charge in [-0.25, -0.2) is 0 Å². The highest BCUT2D eigenvalue weighted by atomic mass is 16.4. The second-order valence-corrected chi connectivity index (χ2v) is 11.3. The van der Waals surface area contributed by atoms with Crippen LogP contribution in [0.2, 0.25) is 0 Å². The average molecular weight is 511 g/mol. The van der Waals surface area contributed by atoms with Gasteiger partial charge in [0.25, 0.3) is 0 Å². The van der Waals surface area contributed by atoms with Gasteiger partial charge in [0.1, 0.15) is 0 Å². The van der Waals surface area contributed by atoms with Crippen LogP contribution in [0.15, 0.2) is 0 Å². The highest BCUT2D eigenvalue weighted by molar-refractivity contribution is 5.70. The lowest BCUT2D eigenvalue weighted by atomic mass is 9.93. The number of unbranched alkanes of at least 4 members (excludes halogenated alkanes) is 19. The van der Waals surface area contributed by atoms with Crippen molar-refractivity contribution in [1.29, 1.82) is 0 Å². The minimum atomic E-state index is -0.617. The van der Waals surface area contributed by atoms with Gasteiger partial charge in [-0.15, -0.1) is 0 Å². The molecule has 0 aliphatic rings. The zero-order valence-corrected chi connectivity index (χ0v) is 24.3. The van der Waals surface area contributed by atoms with E-state index in [1.807, 2.05) is 0 Å². The smallest absolute Gasteiger partial charge is 0.306 e. The largest absolute Gasteiger partial charge is 0.481 e. The van der Waals surface area contributed by atoms with Crippen LogP contribution in [-0.2, 0) is 9.59 Å². The third-order valence-electron chi connectivity index (χ3n) is 7.87. The van der Waals surface area contributed by atoms with E-state index in [4.69, 9.17) is 0 Å². The van der Waals surface area contributed by atoms with Gasteiger partial charge in [-0.1, -0.05) is 155 Å². The lowest BCUT2D eigenvalue weighted by Crippen LogP contribution is -2.13. The summed E-state index contributed by atoms with van der Waals surface area (Å²) in [6.07, 6.45) is 29.9. The minimum absolute atomic E-state index is 0.169. The zero-order chi connectivity index (χ0) is 26.7. The van der Waals surface area contributed by atoms with E-state index in [9.17, 15) is 19.8 Å². The van der Waals surface area contributed by atoms with Crippen LogP contribution in [0.1, 0.15) is 181 Å². The van der Waals surface area contributed by atoms with Crippen molar-refractivity contribution in [2.45, 2.75) is 181 Å². The van der Waals surface area contributed by atoms with Gasteiger partial charge < -0.3 is 10.2 Å². The zero-order valence-electron chi connectivity index (χ0n) is 24.3. The van der Waals surface area contributed by atoms with Crippen molar-refractivity contribution in [3.05, 3.63) is 0 Å². The van der Waals surface area contributed by atoms with Crippen molar-refractivity contribution in [3.63, 3.8) is 0 Å². The number of rotatable bonds is 29. The number of carboxylic acid groups (broad SMARTS) is 2. The maximum atomic E-state index is 11.6. The molecule has 2 N–H and O–H groups in total. The van der Waals surface area contributed by atoms with E-state index in [-0.39, 0.29) is 11.8 Å². The molecule has 0 saturated carbocycles. The van der Waals surface area contributed by atoms with E-state index in [1.165, 1.54) is 89.9 Å². The van der Waals surface area contributed by atoms with Gasteiger partial charge in [0.15, 0.2) is 0 Å². The first-order chi connectivity index (χ1) is 17.5. The molecule has 4 nitrogen and oxygen atoms in total. The van der Waals surface area contributed by atoms with E-state index in [1.54, 1.807) is 0 Å². The van der Waals surface area contributed by atoms with Crippen LogP contribution in [0.25, 0.3) is 0 Å². The van der Waals surface area contributed by atoms with Gasteiger partial charge in [0.2, 0.25) is 0 Å². The van der Waals surface area contributed by atoms with Gasteiger partial charge >= 0.3 is 11.9 Å². The fourth-order valence-corrected chi connectivity index (χ4v) is 5.32. The summed E-state index contributed by atoms with van der Waals surface area (Å²) >= 11 is 0. The average Bonchev–Trinajstić information content (AvgIpc) is 2.85. The van der Waals surface area contributed by atoms with E-state index < -0.39 is 11.9 Å². The summed E-state index contributed by atoms with van der Waals surface area (Å²) in [5.41, 5.74) is 0. The molecule has 0 bridgehead atoms. The van der Waals surface area contributed by atoms with Crippen LogP contribution < -0.4 is 0 Å². The fraction of sp³-hybridized carbons (Fsp3) is 0.938. The number of carboxylic acids is 2. The predicted molar refractivity (Wildman–Crippen MR) is 154 cm³/mol. The normalized spacial score (nSPS) is 13.1. The molecule has 0 heterocycles. The molecule has 0 saturated heterocycles. The van der Waals surface area contributed by atoms with Crippen LogP contribution >= 0.6 is 0 Å². The van der Waals surface area contributed by atoms with Gasteiger partial charge in [-0.05, 0) is 25.7 Å².